The number of para-hydroxylation sites is 1. The van der Waals surface area contributed by atoms with Gasteiger partial charge in [0.05, 0.1) is 10.5 Å². The fraction of sp³-hybridized carbons (Fsp3) is 0.0588. The highest BCUT2D eigenvalue weighted by molar-refractivity contribution is 7.13. The molecule has 1 heterocycles. The SMILES string of the molecule is O=C(O)c1csc(-c2ccccc2OCc2ccc([N+](=O)[O-])cc2)n1. The minimum Gasteiger partial charge on any atom is -0.488 e. The van der Waals surface area contributed by atoms with Crippen molar-refractivity contribution in [3.05, 3.63) is 75.3 Å². The molecule has 1 N–H and O–H groups in total. The maximum absolute atomic E-state index is 11.0. The van der Waals surface area contributed by atoms with Crippen molar-refractivity contribution >= 4 is 23.0 Å². The highest BCUT2D eigenvalue weighted by Gasteiger charge is 2.14. The maximum Gasteiger partial charge on any atom is 0.355 e. The fourth-order valence-electron chi connectivity index (χ4n) is 2.14. The molecule has 3 rings (SSSR count). The van der Waals surface area contributed by atoms with Gasteiger partial charge in [0.25, 0.3) is 5.69 Å². The Hall–Kier alpha value is -3.26. The molecule has 0 saturated carbocycles. The fourth-order valence-corrected chi connectivity index (χ4v) is 2.96. The van der Waals surface area contributed by atoms with Crippen LogP contribution in [-0.4, -0.2) is 21.0 Å². The number of ether oxygens (including phenoxy) is 1. The summed E-state index contributed by atoms with van der Waals surface area (Å²) in [5, 5.41) is 21.7. The first-order chi connectivity index (χ1) is 12.0. The van der Waals surface area contributed by atoms with Gasteiger partial charge < -0.3 is 9.84 Å². The third-order valence-corrected chi connectivity index (χ3v) is 4.26. The average molecular weight is 356 g/mol. The van der Waals surface area contributed by atoms with Crippen molar-refractivity contribution in [2.75, 3.05) is 0 Å². The lowest BCUT2D eigenvalue weighted by atomic mass is 10.2. The number of nitro groups is 1. The van der Waals surface area contributed by atoms with Crippen molar-refractivity contribution in [1.82, 2.24) is 4.98 Å². The largest absolute Gasteiger partial charge is 0.488 e. The van der Waals surface area contributed by atoms with E-state index in [-0.39, 0.29) is 18.0 Å². The van der Waals surface area contributed by atoms with Gasteiger partial charge in [0, 0.05) is 17.5 Å². The highest BCUT2D eigenvalue weighted by Crippen LogP contribution is 2.32. The zero-order valence-corrected chi connectivity index (χ0v) is 13.6. The number of nitro benzene ring substituents is 1. The lowest BCUT2D eigenvalue weighted by molar-refractivity contribution is -0.384. The molecule has 0 atom stereocenters. The molecule has 0 aliphatic carbocycles. The van der Waals surface area contributed by atoms with Crippen molar-refractivity contribution < 1.29 is 19.6 Å². The van der Waals surface area contributed by atoms with Crippen LogP contribution in [0.15, 0.2) is 53.9 Å². The molecule has 0 spiro atoms. The van der Waals surface area contributed by atoms with E-state index in [1.165, 1.54) is 28.8 Å². The van der Waals surface area contributed by atoms with Crippen molar-refractivity contribution in [2.24, 2.45) is 0 Å². The molecular formula is C17H12N2O5S. The monoisotopic (exact) mass is 356 g/mol. The van der Waals surface area contributed by atoms with E-state index in [9.17, 15) is 14.9 Å². The van der Waals surface area contributed by atoms with Crippen LogP contribution in [0.3, 0.4) is 0 Å². The molecule has 8 heteroatoms. The van der Waals surface area contributed by atoms with E-state index < -0.39 is 10.9 Å². The number of carbonyl (C=O) groups is 1. The van der Waals surface area contributed by atoms with E-state index >= 15 is 0 Å². The minimum absolute atomic E-state index is 0.00910. The Morgan fingerprint density at radius 3 is 2.56 bits per heavy atom. The lowest BCUT2D eigenvalue weighted by Gasteiger charge is -2.10. The van der Waals surface area contributed by atoms with Crippen LogP contribution in [0.2, 0.25) is 0 Å². The zero-order valence-electron chi connectivity index (χ0n) is 12.8. The van der Waals surface area contributed by atoms with E-state index in [4.69, 9.17) is 9.84 Å². The normalized spacial score (nSPS) is 10.4. The van der Waals surface area contributed by atoms with E-state index in [0.717, 1.165) is 5.56 Å². The molecular weight excluding hydrogens is 344 g/mol. The standard InChI is InChI=1S/C17H12N2O5S/c20-17(21)14-10-25-16(18-14)13-3-1-2-4-15(13)24-9-11-5-7-12(8-6-11)19(22)23/h1-8,10H,9H2,(H,20,21). The smallest absolute Gasteiger partial charge is 0.355 e. The van der Waals surface area contributed by atoms with Gasteiger partial charge in [0.15, 0.2) is 5.69 Å². The van der Waals surface area contributed by atoms with Gasteiger partial charge in [-0.25, -0.2) is 9.78 Å². The Kier molecular flexibility index (Phi) is 4.71. The Balaban J connectivity index is 1.78. The first kappa shape index (κ1) is 16.6. The van der Waals surface area contributed by atoms with Gasteiger partial charge in [-0.05, 0) is 29.8 Å². The van der Waals surface area contributed by atoms with Crippen LogP contribution in [0, 0.1) is 10.1 Å². The number of nitrogens with zero attached hydrogens (tertiary/aromatic N) is 2. The Morgan fingerprint density at radius 2 is 1.92 bits per heavy atom. The third-order valence-electron chi connectivity index (χ3n) is 3.38. The minimum atomic E-state index is -1.08. The van der Waals surface area contributed by atoms with Crippen LogP contribution in [0.1, 0.15) is 16.1 Å². The molecule has 0 aliphatic rings. The van der Waals surface area contributed by atoms with Crippen LogP contribution < -0.4 is 4.74 Å². The number of thiazole rings is 1. The summed E-state index contributed by atoms with van der Waals surface area (Å²) in [4.78, 5) is 25.3. The molecule has 3 aromatic rings. The van der Waals surface area contributed by atoms with E-state index in [1.807, 2.05) is 6.07 Å². The molecule has 0 fully saturated rings. The first-order valence-corrected chi connectivity index (χ1v) is 8.07. The number of carboxylic acid groups (broad SMARTS) is 1. The quantitative estimate of drug-likeness (QED) is 0.529. The van der Waals surface area contributed by atoms with Gasteiger partial charge in [-0.3, -0.25) is 10.1 Å². The number of rotatable bonds is 6. The number of aromatic carboxylic acids is 1. The second kappa shape index (κ2) is 7.10. The third kappa shape index (κ3) is 3.81. The number of non-ortho nitro benzene ring substituents is 1. The number of aromatic nitrogens is 1. The summed E-state index contributed by atoms with van der Waals surface area (Å²) in [5.74, 6) is -0.515. The summed E-state index contributed by atoms with van der Waals surface area (Å²) >= 11 is 1.23. The Bertz CT molecular complexity index is 921. The van der Waals surface area contributed by atoms with Gasteiger partial charge in [0.1, 0.15) is 17.4 Å². The van der Waals surface area contributed by atoms with Crippen LogP contribution in [0.5, 0.6) is 5.75 Å². The lowest BCUT2D eigenvalue weighted by Crippen LogP contribution is -1.98. The van der Waals surface area contributed by atoms with Gasteiger partial charge in [-0.15, -0.1) is 11.3 Å². The summed E-state index contributed by atoms with van der Waals surface area (Å²) < 4.78 is 5.80. The van der Waals surface area contributed by atoms with Crippen molar-refractivity contribution in [1.29, 1.82) is 0 Å². The Labute approximate surface area is 146 Å². The molecule has 0 saturated heterocycles. The number of benzene rings is 2. The molecule has 7 nitrogen and oxygen atoms in total. The van der Waals surface area contributed by atoms with Crippen LogP contribution >= 0.6 is 11.3 Å². The molecule has 25 heavy (non-hydrogen) atoms. The van der Waals surface area contributed by atoms with Crippen LogP contribution in [0.4, 0.5) is 5.69 Å². The summed E-state index contributed by atoms with van der Waals surface area (Å²) in [6.07, 6.45) is 0. The number of hydrogen-bond donors (Lipinski definition) is 1. The first-order valence-electron chi connectivity index (χ1n) is 7.19. The Morgan fingerprint density at radius 1 is 1.20 bits per heavy atom. The van der Waals surface area contributed by atoms with E-state index in [1.54, 1.807) is 30.3 Å². The summed E-state index contributed by atoms with van der Waals surface area (Å²) in [5.41, 5.74) is 1.49. The molecule has 126 valence electrons. The highest BCUT2D eigenvalue weighted by atomic mass is 32.1. The van der Waals surface area contributed by atoms with Gasteiger partial charge in [0.2, 0.25) is 0 Å². The number of carboxylic acids is 1. The molecule has 0 radical (unpaired) electrons. The second-order valence-electron chi connectivity index (χ2n) is 5.05. The molecule has 0 aliphatic heterocycles. The number of hydrogen-bond acceptors (Lipinski definition) is 6. The molecule has 0 bridgehead atoms. The van der Waals surface area contributed by atoms with Crippen LogP contribution in [-0.2, 0) is 6.61 Å². The predicted molar refractivity (Wildman–Crippen MR) is 91.9 cm³/mol. The zero-order chi connectivity index (χ0) is 17.8. The van der Waals surface area contributed by atoms with Crippen molar-refractivity contribution in [3.8, 4) is 16.3 Å². The predicted octanol–water partition coefficient (Wildman–Crippen LogP) is 4.00. The van der Waals surface area contributed by atoms with E-state index in [2.05, 4.69) is 4.98 Å². The maximum atomic E-state index is 11.0. The topological polar surface area (TPSA) is 103 Å². The summed E-state index contributed by atoms with van der Waals surface area (Å²) in [6, 6.07) is 13.3. The summed E-state index contributed by atoms with van der Waals surface area (Å²) in [6.45, 7) is 0.228. The molecule has 1 aromatic heterocycles. The molecule has 0 unspecified atom stereocenters. The summed E-state index contributed by atoms with van der Waals surface area (Å²) in [7, 11) is 0. The average Bonchev–Trinajstić information content (AvgIpc) is 3.11. The van der Waals surface area contributed by atoms with Gasteiger partial charge >= 0.3 is 5.97 Å². The van der Waals surface area contributed by atoms with Crippen molar-refractivity contribution in [2.45, 2.75) is 6.61 Å². The van der Waals surface area contributed by atoms with Gasteiger partial charge in [-0.2, -0.15) is 0 Å². The van der Waals surface area contributed by atoms with Crippen molar-refractivity contribution in [3.63, 3.8) is 0 Å². The van der Waals surface area contributed by atoms with Gasteiger partial charge in [-0.1, -0.05) is 12.1 Å². The second-order valence-corrected chi connectivity index (χ2v) is 5.91. The van der Waals surface area contributed by atoms with Crippen LogP contribution in [0.25, 0.3) is 10.6 Å². The van der Waals surface area contributed by atoms with E-state index in [0.29, 0.717) is 16.3 Å². The molecule has 2 aromatic carbocycles. The molecule has 0 amide bonds.